The molecule has 6 heteroatoms. The number of hydrogen-bond acceptors (Lipinski definition) is 5. The largest absolute Gasteiger partial charge is 0.535 e. The highest BCUT2D eigenvalue weighted by atomic mass is 16.5. The van der Waals surface area contributed by atoms with E-state index in [1.165, 1.54) is 6.92 Å². The van der Waals surface area contributed by atoms with Crippen LogP contribution in [0.1, 0.15) is 49.0 Å². The molecule has 1 heterocycles. The maximum absolute atomic E-state index is 12.1. The van der Waals surface area contributed by atoms with E-state index in [0.717, 1.165) is 5.56 Å². The van der Waals surface area contributed by atoms with Crippen LogP contribution in [0.5, 0.6) is 5.75 Å². The molecule has 1 unspecified atom stereocenters. The lowest BCUT2D eigenvalue weighted by Gasteiger charge is -2.28. The summed E-state index contributed by atoms with van der Waals surface area (Å²) in [7, 11) is 0.559. The van der Waals surface area contributed by atoms with Crippen molar-refractivity contribution >= 4 is 18.7 Å². The minimum atomic E-state index is -1.06. The van der Waals surface area contributed by atoms with E-state index in [2.05, 4.69) is 0 Å². The number of ether oxygens (including phenoxy) is 1. The van der Waals surface area contributed by atoms with Crippen molar-refractivity contribution < 1.29 is 24.0 Å². The maximum Gasteiger partial charge on any atom is 0.526 e. The van der Waals surface area contributed by atoms with Gasteiger partial charge < -0.3 is 14.4 Å². The molecule has 0 bridgehead atoms. The second-order valence-electron chi connectivity index (χ2n) is 6.15. The molecule has 2 rings (SSSR count). The van der Waals surface area contributed by atoms with Crippen LogP contribution in [0.4, 0.5) is 0 Å². The molecule has 0 saturated heterocycles. The Morgan fingerprint density at radius 2 is 2.22 bits per heavy atom. The monoisotopic (exact) mass is 318 g/mol. The molecule has 0 fully saturated rings. The number of carbonyl (C=O) groups is 2. The molecule has 1 aliphatic rings. The fourth-order valence-corrected chi connectivity index (χ4v) is 2.81. The minimum Gasteiger partial charge on any atom is -0.535 e. The first-order chi connectivity index (χ1) is 10.9. The average molecular weight is 318 g/mol. The summed E-state index contributed by atoms with van der Waals surface area (Å²) in [6, 6.07) is 5.36. The Kier molecular flexibility index (Phi) is 5.96. The topological polar surface area (TPSA) is 72.8 Å². The van der Waals surface area contributed by atoms with Crippen LogP contribution in [-0.4, -0.2) is 36.9 Å². The smallest absolute Gasteiger partial charge is 0.526 e. The van der Waals surface area contributed by atoms with Crippen molar-refractivity contribution in [1.29, 1.82) is 0 Å². The first kappa shape index (κ1) is 17.7. The van der Waals surface area contributed by atoms with Crippen LogP contribution in [0.15, 0.2) is 18.2 Å². The SMILES string of the molecule is COC(C)CCC(=O)C[C@H]1Cc2cccc(C(C)=O)c2OB1O. The van der Waals surface area contributed by atoms with E-state index in [0.29, 0.717) is 30.6 Å². The predicted molar refractivity (Wildman–Crippen MR) is 87.8 cm³/mol. The lowest BCUT2D eigenvalue weighted by Crippen LogP contribution is -2.35. The van der Waals surface area contributed by atoms with Crippen molar-refractivity contribution in [2.45, 2.75) is 51.5 Å². The number of Topliss-reactive ketones (excluding diaryl/α,β-unsaturated/α-hetero) is 2. The normalized spacial score (nSPS) is 18.1. The van der Waals surface area contributed by atoms with Crippen LogP contribution in [0.2, 0.25) is 5.82 Å². The van der Waals surface area contributed by atoms with Gasteiger partial charge in [-0.3, -0.25) is 9.59 Å². The first-order valence-electron chi connectivity index (χ1n) is 7.94. The molecule has 0 radical (unpaired) electrons. The van der Waals surface area contributed by atoms with Crippen LogP contribution in [0.25, 0.3) is 0 Å². The molecule has 0 spiro atoms. The van der Waals surface area contributed by atoms with E-state index in [9.17, 15) is 14.6 Å². The molecule has 23 heavy (non-hydrogen) atoms. The summed E-state index contributed by atoms with van der Waals surface area (Å²) in [6.07, 6.45) is 1.94. The van der Waals surface area contributed by atoms with Gasteiger partial charge in [-0.2, -0.15) is 0 Å². The van der Waals surface area contributed by atoms with Gasteiger partial charge >= 0.3 is 7.12 Å². The minimum absolute atomic E-state index is 0.0466. The third kappa shape index (κ3) is 4.42. The highest BCUT2D eigenvalue weighted by molar-refractivity contribution is 6.47. The summed E-state index contributed by atoms with van der Waals surface area (Å²) in [5.41, 5.74) is 1.34. The molecule has 0 aromatic heterocycles. The number of fused-ring (bicyclic) bond motifs is 1. The summed E-state index contributed by atoms with van der Waals surface area (Å²) >= 11 is 0. The van der Waals surface area contributed by atoms with Crippen molar-refractivity contribution in [2.24, 2.45) is 0 Å². The van der Waals surface area contributed by atoms with Gasteiger partial charge in [0, 0.05) is 25.8 Å². The van der Waals surface area contributed by atoms with Gasteiger partial charge in [0.05, 0.1) is 11.7 Å². The number of methoxy groups -OCH3 is 1. The fourth-order valence-electron chi connectivity index (χ4n) is 2.81. The van der Waals surface area contributed by atoms with E-state index in [-0.39, 0.29) is 29.9 Å². The summed E-state index contributed by atoms with van der Waals surface area (Å²) in [6.45, 7) is 3.39. The highest BCUT2D eigenvalue weighted by Crippen LogP contribution is 2.36. The molecule has 5 nitrogen and oxygen atoms in total. The Labute approximate surface area is 137 Å². The molecular weight excluding hydrogens is 295 g/mol. The molecule has 2 atom stereocenters. The Bertz CT molecular complexity index is 586. The molecule has 124 valence electrons. The van der Waals surface area contributed by atoms with Crippen LogP contribution in [0, 0.1) is 0 Å². The number of benzene rings is 1. The lowest BCUT2D eigenvalue weighted by molar-refractivity contribution is -0.119. The molecule has 0 aliphatic carbocycles. The molecular formula is C17H23BO5. The number of ketones is 2. The van der Waals surface area contributed by atoms with E-state index >= 15 is 0 Å². The van der Waals surface area contributed by atoms with Crippen molar-refractivity contribution in [3.8, 4) is 5.75 Å². The van der Waals surface area contributed by atoms with E-state index in [1.807, 2.05) is 13.0 Å². The fraction of sp³-hybridized carbons (Fsp3) is 0.529. The molecule has 1 N–H and O–H groups in total. The quantitative estimate of drug-likeness (QED) is 0.617. The molecule has 1 aliphatic heterocycles. The summed E-state index contributed by atoms with van der Waals surface area (Å²) in [5, 5.41) is 10.2. The van der Waals surface area contributed by atoms with Gasteiger partial charge in [-0.05, 0) is 38.3 Å². The van der Waals surface area contributed by atoms with Gasteiger partial charge in [0.1, 0.15) is 11.5 Å². The first-order valence-corrected chi connectivity index (χ1v) is 7.94. The zero-order chi connectivity index (χ0) is 17.0. The Morgan fingerprint density at radius 1 is 1.48 bits per heavy atom. The highest BCUT2D eigenvalue weighted by Gasteiger charge is 2.37. The Hall–Kier alpha value is -1.66. The van der Waals surface area contributed by atoms with Gasteiger partial charge in [0.15, 0.2) is 5.78 Å². The Morgan fingerprint density at radius 3 is 2.87 bits per heavy atom. The predicted octanol–water partition coefficient (Wildman–Crippen LogP) is 2.45. The van der Waals surface area contributed by atoms with Crippen LogP contribution in [-0.2, 0) is 16.0 Å². The van der Waals surface area contributed by atoms with Gasteiger partial charge in [-0.25, -0.2) is 0 Å². The second-order valence-corrected chi connectivity index (χ2v) is 6.15. The van der Waals surface area contributed by atoms with E-state index in [1.54, 1.807) is 19.2 Å². The number of para-hydroxylation sites is 1. The van der Waals surface area contributed by atoms with Crippen LogP contribution in [0.3, 0.4) is 0 Å². The zero-order valence-corrected chi connectivity index (χ0v) is 13.9. The zero-order valence-electron chi connectivity index (χ0n) is 13.9. The molecule has 0 saturated carbocycles. The van der Waals surface area contributed by atoms with E-state index < -0.39 is 7.12 Å². The Balaban J connectivity index is 2.03. The van der Waals surface area contributed by atoms with Gasteiger partial charge in [-0.15, -0.1) is 0 Å². The van der Waals surface area contributed by atoms with Gasteiger partial charge in [-0.1, -0.05) is 12.1 Å². The average Bonchev–Trinajstić information content (AvgIpc) is 2.52. The molecule has 0 amide bonds. The molecule has 1 aromatic rings. The van der Waals surface area contributed by atoms with Crippen LogP contribution >= 0.6 is 0 Å². The van der Waals surface area contributed by atoms with Gasteiger partial charge in [0.2, 0.25) is 0 Å². The third-order valence-electron chi connectivity index (χ3n) is 4.32. The summed E-state index contributed by atoms with van der Waals surface area (Å²) < 4.78 is 10.7. The van der Waals surface area contributed by atoms with Crippen LogP contribution < -0.4 is 4.65 Å². The number of rotatable bonds is 7. The third-order valence-corrected chi connectivity index (χ3v) is 4.32. The van der Waals surface area contributed by atoms with Gasteiger partial charge in [0.25, 0.3) is 0 Å². The molecule has 1 aromatic carbocycles. The number of hydrogen-bond donors (Lipinski definition) is 1. The van der Waals surface area contributed by atoms with Crippen molar-refractivity contribution in [3.05, 3.63) is 29.3 Å². The number of carbonyl (C=O) groups excluding carboxylic acids is 2. The van der Waals surface area contributed by atoms with Crippen molar-refractivity contribution in [3.63, 3.8) is 0 Å². The summed E-state index contributed by atoms with van der Waals surface area (Å²) in [5.74, 6) is 0.157. The lowest BCUT2D eigenvalue weighted by atomic mass is 9.64. The second kappa shape index (κ2) is 7.75. The van der Waals surface area contributed by atoms with Crippen molar-refractivity contribution in [2.75, 3.05) is 7.11 Å². The standard InChI is InChI=1S/C17H23BO5/c1-11(22-3)7-8-15(20)10-14-9-13-5-4-6-16(12(2)19)17(13)23-18(14)21/h4-6,11,14,21H,7-10H2,1-3H3/t11?,14-/m1/s1. The maximum atomic E-state index is 12.1. The summed E-state index contributed by atoms with van der Waals surface area (Å²) in [4.78, 5) is 23.7. The van der Waals surface area contributed by atoms with Crippen molar-refractivity contribution in [1.82, 2.24) is 0 Å². The van der Waals surface area contributed by atoms with E-state index in [4.69, 9.17) is 9.39 Å².